The number of benzene rings is 1. The van der Waals surface area contributed by atoms with Crippen molar-refractivity contribution < 1.29 is 4.74 Å². The van der Waals surface area contributed by atoms with Crippen molar-refractivity contribution in [3.63, 3.8) is 0 Å². The van der Waals surface area contributed by atoms with Gasteiger partial charge in [-0.15, -0.1) is 0 Å². The molecule has 0 radical (unpaired) electrons. The molecule has 1 aliphatic heterocycles. The summed E-state index contributed by atoms with van der Waals surface area (Å²) < 4.78 is 9.34. The zero-order valence-electron chi connectivity index (χ0n) is 19.8. The summed E-state index contributed by atoms with van der Waals surface area (Å²) in [6.45, 7) is 6.69. The summed E-state index contributed by atoms with van der Waals surface area (Å²) >= 11 is 0. The van der Waals surface area contributed by atoms with Crippen molar-refractivity contribution >= 4 is 28.5 Å². The lowest BCUT2D eigenvalue weighted by molar-refractivity contribution is 0.312. The van der Waals surface area contributed by atoms with Gasteiger partial charge in [0.15, 0.2) is 5.65 Å². The van der Waals surface area contributed by atoms with Gasteiger partial charge >= 0.3 is 5.69 Å². The van der Waals surface area contributed by atoms with Crippen molar-refractivity contribution in [2.24, 2.45) is 0 Å². The largest absolute Gasteiger partial charge is 0.494 e. The minimum atomic E-state index is 0.0139. The highest BCUT2D eigenvalue weighted by molar-refractivity contribution is 5.74. The molecule has 9 heteroatoms. The summed E-state index contributed by atoms with van der Waals surface area (Å²) in [5, 5.41) is 3.32. The summed E-state index contributed by atoms with van der Waals surface area (Å²) in [6, 6.07) is 6.40. The fourth-order valence-corrected chi connectivity index (χ4v) is 5.08. The van der Waals surface area contributed by atoms with Gasteiger partial charge in [-0.2, -0.15) is 4.98 Å². The first-order valence-electron chi connectivity index (χ1n) is 12.0. The van der Waals surface area contributed by atoms with Gasteiger partial charge in [0, 0.05) is 50.5 Å². The fraction of sp³-hybridized carbons (Fsp3) is 0.542. The van der Waals surface area contributed by atoms with Crippen molar-refractivity contribution in [1.82, 2.24) is 24.0 Å². The van der Waals surface area contributed by atoms with E-state index >= 15 is 0 Å². The number of imidazole rings is 1. The maximum atomic E-state index is 13.1. The number of hydrogen-bond donors (Lipinski definition) is 1. The number of methoxy groups -OCH3 is 1. The Morgan fingerprint density at radius 2 is 1.91 bits per heavy atom. The van der Waals surface area contributed by atoms with E-state index in [1.165, 1.54) is 0 Å². The lowest BCUT2D eigenvalue weighted by Gasteiger charge is -2.34. The van der Waals surface area contributed by atoms with Crippen molar-refractivity contribution in [2.75, 3.05) is 50.6 Å². The molecule has 176 valence electrons. The average molecular weight is 452 g/mol. The number of likely N-dealkylation sites (N-methyl/N-ethyl adjacent to an activating group) is 1. The number of nitrogens with one attached hydrogen (secondary N) is 1. The van der Waals surface area contributed by atoms with Gasteiger partial charge in [0.1, 0.15) is 11.3 Å². The summed E-state index contributed by atoms with van der Waals surface area (Å²) in [6.07, 6.45) is 6.12. The van der Waals surface area contributed by atoms with Crippen molar-refractivity contribution in [1.29, 1.82) is 0 Å². The Kier molecular flexibility index (Phi) is 5.97. The minimum Gasteiger partial charge on any atom is -0.494 e. The van der Waals surface area contributed by atoms with Crippen molar-refractivity contribution in [3.8, 4) is 5.75 Å². The number of fused-ring (bicyclic) bond motifs is 1. The third-order valence-electron chi connectivity index (χ3n) is 7.01. The third-order valence-corrected chi connectivity index (χ3v) is 7.01. The predicted octanol–water partition coefficient (Wildman–Crippen LogP) is 3.23. The number of rotatable bonds is 6. The molecule has 1 aromatic carbocycles. The molecular weight excluding hydrogens is 418 g/mol. The van der Waals surface area contributed by atoms with Crippen LogP contribution in [0.1, 0.15) is 38.6 Å². The highest BCUT2D eigenvalue weighted by Gasteiger charge is 2.25. The molecule has 0 unspecified atom stereocenters. The molecule has 0 spiro atoms. The maximum Gasteiger partial charge on any atom is 0.330 e. The molecule has 1 N–H and O–H groups in total. The van der Waals surface area contributed by atoms with E-state index in [2.05, 4.69) is 39.3 Å². The van der Waals surface area contributed by atoms with E-state index in [4.69, 9.17) is 9.72 Å². The van der Waals surface area contributed by atoms with Crippen LogP contribution in [-0.2, 0) is 6.54 Å². The zero-order chi connectivity index (χ0) is 22.9. The van der Waals surface area contributed by atoms with Crippen molar-refractivity contribution in [3.05, 3.63) is 34.9 Å². The Morgan fingerprint density at radius 1 is 1.15 bits per heavy atom. The molecule has 0 atom stereocenters. The highest BCUT2D eigenvalue weighted by Crippen LogP contribution is 2.33. The highest BCUT2D eigenvalue weighted by atomic mass is 16.5. The Morgan fingerprint density at radius 3 is 2.61 bits per heavy atom. The molecular formula is C24H33N7O2. The molecule has 2 aromatic heterocycles. The second kappa shape index (κ2) is 9.05. The van der Waals surface area contributed by atoms with E-state index in [-0.39, 0.29) is 11.7 Å². The lowest BCUT2D eigenvalue weighted by Crippen LogP contribution is -2.44. The number of piperazine rings is 1. The molecule has 2 aliphatic rings. The van der Waals surface area contributed by atoms with Crippen LogP contribution in [0.3, 0.4) is 0 Å². The summed E-state index contributed by atoms with van der Waals surface area (Å²) in [4.78, 5) is 27.1. The zero-order valence-corrected chi connectivity index (χ0v) is 19.8. The smallest absolute Gasteiger partial charge is 0.330 e. The molecule has 2 fully saturated rings. The first-order valence-corrected chi connectivity index (χ1v) is 12.0. The summed E-state index contributed by atoms with van der Waals surface area (Å²) in [7, 11) is 3.83. The van der Waals surface area contributed by atoms with Crippen LogP contribution < -0.4 is 20.6 Å². The van der Waals surface area contributed by atoms with Crippen LogP contribution in [0.4, 0.5) is 17.3 Å². The molecule has 9 nitrogen and oxygen atoms in total. The molecule has 33 heavy (non-hydrogen) atoms. The van der Waals surface area contributed by atoms with Gasteiger partial charge in [0.2, 0.25) is 5.95 Å². The molecule has 1 saturated carbocycles. The second-order valence-corrected chi connectivity index (χ2v) is 9.04. The minimum absolute atomic E-state index is 0.0139. The standard InChI is InChI=1S/C24H33N7O2/c1-4-30-20-16-25-23(27-22(20)31(24(30)32)17-7-5-6-8-17)26-19-10-9-18(15-21(19)33-3)29-13-11-28(2)12-14-29/h9-10,15-17H,4-8,11-14H2,1-3H3,(H,25,26,27). The van der Waals surface area contributed by atoms with E-state index < -0.39 is 0 Å². The van der Waals surface area contributed by atoms with E-state index in [0.717, 1.165) is 74.5 Å². The molecule has 3 heterocycles. The van der Waals surface area contributed by atoms with Crippen LogP contribution in [-0.4, -0.2) is 64.3 Å². The van der Waals surface area contributed by atoms with E-state index in [9.17, 15) is 4.79 Å². The van der Waals surface area contributed by atoms with Gasteiger partial charge in [-0.05, 0) is 38.9 Å². The molecule has 0 amide bonds. The quantitative estimate of drug-likeness (QED) is 0.616. The first kappa shape index (κ1) is 21.8. The average Bonchev–Trinajstić information content (AvgIpc) is 3.45. The third kappa shape index (κ3) is 4.06. The molecule has 5 rings (SSSR count). The Hall–Kier alpha value is -3.07. The van der Waals surface area contributed by atoms with Crippen LogP contribution in [0.2, 0.25) is 0 Å². The maximum absolute atomic E-state index is 13.1. The number of aromatic nitrogens is 4. The van der Waals surface area contributed by atoms with Gasteiger partial charge in [0.25, 0.3) is 0 Å². The van der Waals surface area contributed by atoms with E-state index in [1.54, 1.807) is 17.9 Å². The van der Waals surface area contributed by atoms with Gasteiger partial charge in [-0.1, -0.05) is 12.8 Å². The SMILES string of the molecule is CCn1c(=O)n(C2CCCC2)c2nc(Nc3ccc(N4CCN(C)CC4)cc3OC)ncc21. The van der Waals surface area contributed by atoms with Gasteiger partial charge in [-0.25, -0.2) is 9.78 Å². The number of nitrogens with zero attached hydrogens (tertiary/aromatic N) is 6. The van der Waals surface area contributed by atoms with Crippen LogP contribution in [0.15, 0.2) is 29.2 Å². The normalized spacial score (nSPS) is 17.7. The van der Waals surface area contributed by atoms with Crippen LogP contribution in [0.5, 0.6) is 5.75 Å². The molecule has 1 aliphatic carbocycles. The number of hydrogen-bond acceptors (Lipinski definition) is 7. The van der Waals surface area contributed by atoms with Gasteiger partial charge in [0.05, 0.1) is 19.0 Å². The van der Waals surface area contributed by atoms with Crippen LogP contribution >= 0.6 is 0 Å². The van der Waals surface area contributed by atoms with Gasteiger partial charge < -0.3 is 19.9 Å². The Bertz CT molecular complexity index is 1190. The summed E-state index contributed by atoms with van der Waals surface area (Å²) in [5.41, 5.74) is 3.47. The fourth-order valence-electron chi connectivity index (χ4n) is 5.08. The number of ether oxygens (including phenoxy) is 1. The van der Waals surface area contributed by atoms with Crippen LogP contribution in [0.25, 0.3) is 11.2 Å². The predicted molar refractivity (Wildman–Crippen MR) is 131 cm³/mol. The Balaban J connectivity index is 1.46. The van der Waals surface area contributed by atoms with Crippen LogP contribution in [0, 0.1) is 0 Å². The molecule has 3 aromatic rings. The first-order chi connectivity index (χ1) is 16.1. The Labute approximate surface area is 194 Å². The lowest BCUT2D eigenvalue weighted by atomic mass is 10.2. The van der Waals surface area contributed by atoms with Crippen molar-refractivity contribution in [2.45, 2.75) is 45.2 Å². The van der Waals surface area contributed by atoms with Gasteiger partial charge in [-0.3, -0.25) is 9.13 Å². The van der Waals surface area contributed by atoms with E-state index in [1.807, 2.05) is 17.6 Å². The molecule has 1 saturated heterocycles. The topological polar surface area (TPSA) is 80.5 Å². The number of aryl methyl sites for hydroxylation is 1. The monoisotopic (exact) mass is 451 g/mol. The second-order valence-electron chi connectivity index (χ2n) is 9.04. The molecule has 0 bridgehead atoms. The van der Waals surface area contributed by atoms with E-state index in [0.29, 0.717) is 18.1 Å². The number of anilines is 3. The summed E-state index contributed by atoms with van der Waals surface area (Å²) in [5.74, 6) is 1.21.